The second-order valence-corrected chi connectivity index (χ2v) is 5.42. The topological polar surface area (TPSA) is 47.6 Å². The molecule has 1 N–H and O–H groups in total. The lowest BCUT2D eigenvalue weighted by Gasteiger charge is -2.22. The highest BCUT2D eigenvalue weighted by molar-refractivity contribution is 5.81. The van der Waals surface area contributed by atoms with Crippen molar-refractivity contribution in [3.63, 3.8) is 0 Å². The Kier molecular flexibility index (Phi) is 6.18. The zero-order valence-corrected chi connectivity index (χ0v) is 14.1. The minimum absolute atomic E-state index is 0.0736. The predicted molar refractivity (Wildman–Crippen MR) is 90.7 cm³/mol. The molecule has 0 spiro atoms. The Bertz CT molecular complexity index is 690. The van der Waals surface area contributed by atoms with Crippen LogP contribution in [0, 0.1) is 5.82 Å². The van der Waals surface area contributed by atoms with Crippen molar-refractivity contribution in [3.05, 3.63) is 59.9 Å². The number of halogens is 1. The Balaban J connectivity index is 2.07. The molecule has 2 aromatic rings. The molecule has 0 fully saturated rings. The molecule has 0 aliphatic heterocycles. The molecule has 24 heavy (non-hydrogen) atoms. The van der Waals surface area contributed by atoms with Crippen molar-refractivity contribution in [2.24, 2.45) is 0 Å². The number of hydrogen-bond acceptors (Lipinski definition) is 3. The zero-order valence-electron chi connectivity index (χ0n) is 14.1. The summed E-state index contributed by atoms with van der Waals surface area (Å²) in [6, 6.07) is 13.3. The van der Waals surface area contributed by atoms with E-state index in [1.165, 1.54) is 12.1 Å². The summed E-state index contributed by atoms with van der Waals surface area (Å²) in [6.45, 7) is 3.68. The molecule has 5 heteroatoms. The van der Waals surface area contributed by atoms with Gasteiger partial charge in [0.1, 0.15) is 5.75 Å². The number of ether oxygens (including phenoxy) is 2. The number of methoxy groups -OCH3 is 1. The van der Waals surface area contributed by atoms with Gasteiger partial charge in [0.25, 0.3) is 5.91 Å². The average molecular weight is 331 g/mol. The molecule has 128 valence electrons. The van der Waals surface area contributed by atoms with Crippen LogP contribution in [0.25, 0.3) is 0 Å². The maximum Gasteiger partial charge on any atom is 0.261 e. The molecule has 2 rings (SSSR count). The largest absolute Gasteiger partial charge is 0.496 e. The summed E-state index contributed by atoms with van der Waals surface area (Å²) in [7, 11) is 1.59. The van der Waals surface area contributed by atoms with E-state index >= 15 is 0 Å². The van der Waals surface area contributed by atoms with Gasteiger partial charge in [-0.25, -0.2) is 4.39 Å². The Morgan fingerprint density at radius 2 is 1.75 bits per heavy atom. The molecule has 0 heterocycles. The van der Waals surface area contributed by atoms with Crippen LogP contribution in [0.2, 0.25) is 0 Å². The third-order valence-corrected chi connectivity index (χ3v) is 3.73. The lowest BCUT2D eigenvalue weighted by atomic mass is 10.1. The minimum atomic E-state index is -0.765. The second kappa shape index (κ2) is 8.34. The number of carbonyl (C=O) groups excluding carboxylic acids is 1. The van der Waals surface area contributed by atoms with Crippen molar-refractivity contribution in [2.75, 3.05) is 7.11 Å². The smallest absolute Gasteiger partial charge is 0.261 e. The van der Waals surface area contributed by atoms with Gasteiger partial charge in [0, 0.05) is 5.56 Å². The lowest BCUT2D eigenvalue weighted by Crippen LogP contribution is -2.39. The van der Waals surface area contributed by atoms with Crippen LogP contribution >= 0.6 is 0 Å². The first kappa shape index (κ1) is 17.8. The molecule has 0 radical (unpaired) electrons. The van der Waals surface area contributed by atoms with Crippen molar-refractivity contribution in [1.82, 2.24) is 5.32 Å². The highest BCUT2D eigenvalue weighted by Crippen LogP contribution is 2.25. The summed E-state index contributed by atoms with van der Waals surface area (Å²) in [6.07, 6.45) is -0.335. The van der Waals surface area contributed by atoms with Gasteiger partial charge in [-0.3, -0.25) is 4.79 Å². The van der Waals surface area contributed by atoms with Crippen molar-refractivity contribution in [3.8, 4) is 11.5 Å². The number of hydrogen-bond donors (Lipinski definition) is 1. The van der Waals surface area contributed by atoms with Gasteiger partial charge < -0.3 is 14.8 Å². The van der Waals surface area contributed by atoms with Crippen LogP contribution in [0.15, 0.2) is 48.5 Å². The molecule has 0 bridgehead atoms. The Hall–Kier alpha value is -2.56. The first-order chi connectivity index (χ1) is 11.6. The number of carbonyl (C=O) groups is 1. The monoisotopic (exact) mass is 331 g/mol. The van der Waals surface area contributed by atoms with Gasteiger partial charge in [-0.2, -0.15) is 0 Å². The van der Waals surface area contributed by atoms with Crippen molar-refractivity contribution in [2.45, 2.75) is 32.4 Å². The van der Waals surface area contributed by atoms with Gasteiger partial charge in [-0.1, -0.05) is 37.3 Å². The molecule has 2 aromatic carbocycles. The molecule has 0 aliphatic rings. The van der Waals surface area contributed by atoms with Crippen LogP contribution in [-0.2, 0) is 4.79 Å². The number of rotatable bonds is 7. The molecule has 0 saturated heterocycles. The van der Waals surface area contributed by atoms with E-state index in [-0.39, 0.29) is 17.7 Å². The van der Waals surface area contributed by atoms with Gasteiger partial charge in [-0.15, -0.1) is 0 Å². The molecule has 4 nitrogen and oxygen atoms in total. The normalized spacial score (nSPS) is 13.0. The highest BCUT2D eigenvalue weighted by Gasteiger charge is 2.22. The van der Waals surface area contributed by atoms with Crippen molar-refractivity contribution in [1.29, 1.82) is 0 Å². The molecular weight excluding hydrogens is 309 g/mol. The quantitative estimate of drug-likeness (QED) is 0.838. The Morgan fingerprint density at radius 3 is 2.38 bits per heavy atom. The SMILES string of the molecule is CC[C@H](Oc1ccccc1F)C(=O)N[C@H](C)c1ccccc1OC. The Morgan fingerprint density at radius 1 is 1.12 bits per heavy atom. The summed E-state index contributed by atoms with van der Waals surface area (Å²) in [4.78, 5) is 12.5. The molecule has 0 unspecified atom stereocenters. The van der Waals surface area contributed by atoms with Crippen LogP contribution in [0.1, 0.15) is 31.9 Å². The van der Waals surface area contributed by atoms with Crippen LogP contribution in [0.5, 0.6) is 11.5 Å². The summed E-state index contributed by atoms with van der Waals surface area (Å²) in [5, 5.41) is 2.90. The van der Waals surface area contributed by atoms with Gasteiger partial charge in [0.15, 0.2) is 17.7 Å². The van der Waals surface area contributed by atoms with E-state index in [2.05, 4.69) is 5.32 Å². The van der Waals surface area contributed by atoms with Crippen LogP contribution in [0.3, 0.4) is 0 Å². The van der Waals surface area contributed by atoms with Crippen LogP contribution < -0.4 is 14.8 Å². The first-order valence-electron chi connectivity index (χ1n) is 7.91. The average Bonchev–Trinajstić information content (AvgIpc) is 2.60. The van der Waals surface area contributed by atoms with E-state index in [9.17, 15) is 9.18 Å². The maximum absolute atomic E-state index is 13.7. The molecule has 1 amide bonds. The molecule has 0 saturated carbocycles. The fourth-order valence-electron chi connectivity index (χ4n) is 2.42. The third-order valence-electron chi connectivity index (χ3n) is 3.73. The molecule has 0 aromatic heterocycles. The van der Waals surface area contributed by atoms with Gasteiger partial charge >= 0.3 is 0 Å². The number of nitrogens with one attached hydrogen (secondary N) is 1. The molecular formula is C19H22FNO3. The molecule has 2 atom stereocenters. The van der Waals surface area contributed by atoms with Gasteiger partial charge in [0.05, 0.1) is 13.2 Å². The Labute approximate surface area is 141 Å². The highest BCUT2D eigenvalue weighted by atomic mass is 19.1. The number of benzene rings is 2. The van der Waals surface area contributed by atoms with Gasteiger partial charge in [-0.05, 0) is 31.5 Å². The van der Waals surface area contributed by atoms with E-state index in [4.69, 9.17) is 9.47 Å². The van der Waals surface area contributed by atoms with Gasteiger partial charge in [0.2, 0.25) is 0 Å². The zero-order chi connectivity index (χ0) is 17.5. The predicted octanol–water partition coefficient (Wildman–Crippen LogP) is 3.87. The summed E-state index contributed by atoms with van der Waals surface area (Å²) >= 11 is 0. The fraction of sp³-hybridized carbons (Fsp3) is 0.316. The summed E-state index contributed by atoms with van der Waals surface area (Å²) in [5.41, 5.74) is 0.870. The lowest BCUT2D eigenvalue weighted by molar-refractivity contribution is -0.128. The maximum atomic E-state index is 13.7. The van der Waals surface area contributed by atoms with Crippen molar-refractivity contribution >= 4 is 5.91 Å². The van der Waals surface area contributed by atoms with Crippen LogP contribution in [-0.4, -0.2) is 19.1 Å². The summed E-state index contributed by atoms with van der Waals surface area (Å²) < 4.78 is 24.5. The first-order valence-corrected chi connectivity index (χ1v) is 7.91. The van der Waals surface area contributed by atoms with Crippen molar-refractivity contribution < 1.29 is 18.7 Å². The van der Waals surface area contributed by atoms with E-state index in [1.807, 2.05) is 38.1 Å². The summed E-state index contributed by atoms with van der Waals surface area (Å²) in [5.74, 6) is -0.00139. The van der Waals surface area contributed by atoms with E-state index < -0.39 is 11.9 Å². The van der Waals surface area contributed by atoms with E-state index in [0.29, 0.717) is 12.2 Å². The number of para-hydroxylation sites is 2. The fourth-order valence-corrected chi connectivity index (χ4v) is 2.42. The molecule has 0 aliphatic carbocycles. The van der Waals surface area contributed by atoms with E-state index in [1.54, 1.807) is 19.2 Å². The third kappa shape index (κ3) is 4.25. The minimum Gasteiger partial charge on any atom is -0.496 e. The standard InChI is InChI=1S/C19H22FNO3/c1-4-16(24-18-12-8-6-10-15(18)20)19(22)21-13(2)14-9-5-7-11-17(14)23-3/h5-13,16H,4H2,1-3H3,(H,21,22)/t13-,16+/m1/s1. The van der Waals surface area contributed by atoms with E-state index in [0.717, 1.165) is 5.56 Å². The second-order valence-electron chi connectivity index (χ2n) is 5.42. The number of amides is 1. The van der Waals surface area contributed by atoms with Crippen LogP contribution in [0.4, 0.5) is 4.39 Å².